The normalized spacial score (nSPS) is 17.2. The van der Waals surface area contributed by atoms with Crippen LogP contribution in [0.15, 0.2) is 28.7 Å². The van der Waals surface area contributed by atoms with Crippen LogP contribution in [0.1, 0.15) is 38.3 Å². The Labute approximate surface area is 147 Å². The molecule has 1 aliphatic rings. The van der Waals surface area contributed by atoms with E-state index in [-0.39, 0.29) is 12.0 Å². The van der Waals surface area contributed by atoms with Crippen LogP contribution < -0.4 is 5.32 Å². The van der Waals surface area contributed by atoms with Crippen LogP contribution in [0.4, 0.5) is 0 Å². The molecule has 0 radical (unpaired) electrons. The number of nitrogens with one attached hydrogen (secondary N) is 1. The molecule has 1 aromatic carbocycles. The van der Waals surface area contributed by atoms with Crippen LogP contribution in [-0.4, -0.2) is 43.7 Å². The van der Waals surface area contributed by atoms with Crippen molar-refractivity contribution in [1.29, 1.82) is 0 Å². The summed E-state index contributed by atoms with van der Waals surface area (Å²) in [4.78, 5) is 14.3. The molecule has 1 aromatic rings. The molecule has 0 saturated carbocycles. The monoisotopic (exact) mass is 382 g/mol. The van der Waals surface area contributed by atoms with Crippen molar-refractivity contribution in [2.24, 2.45) is 5.92 Å². The second kappa shape index (κ2) is 9.40. The zero-order chi connectivity index (χ0) is 16.7. The van der Waals surface area contributed by atoms with Gasteiger partial charge in [-0.3, -0.25) is 9.69 Å². The highest BCUT2D eigenvalue weighted by Crippen LogP contribution is 2.25. The van der Waals surface area contributed by atoms with Gasteiger partial charge in [0.05, 0.1) is 13.2 Å². The van der Waals surface area contributed by atoms with E-state index in [4.69, 9.17) is 4.74 Å². The topological polar surface area (TPSA) is 41.6 Å². The van der Waals surface area contributed by atoms with Crippen LogP contribution in [-0.2, 0) is 9.53 Å². The predicted octanol–water partition coefficient (Wildman–Crippen LogP) is 3.37. The first-order valence-electron chi connectivity index (χ1n) is 8.46. The van der Waals surface area contributed by atoms with Gasteiger partial charge in [0.25, 0.3) is 0 Å². The van der Waals surface area contributed by atoms with Gasteiger partial charge >= 0.3 is 5.97 Å². The highest BCUT2D eigenvalue weighted by Gasteiger charge is 2.24. The molecule has 1 atom stereocenters. The fourth-order valence-corrected chi connectivity index (χ4v) is 3.52. The van der Waals surface area contributed by atoms with E-state index in [1.165, 1.54) is 18.4 Å². The van der Waals surface area contributed by atoms with Crippen LogP contribution in [0.25, 0.3) is 0 Å². The lowest BCUT2D eigenvalue weighted by molar-refractivity contribution is -0.145. The molecule has 1 heterocycles. The summed E-state index contributed by atoms with van der Waals surface area (Å²) in [5.74, 6) is 0.503. The van der Waals surface area contributed by atoms with Gasteiger partial charge in [-0.2, -0.15) is 0 Å². The summed E-state index contributed by atoms with van der Waals surface area (Å²) >= 11 is 3.54. The van der Waals surface area contributed by atoms with E-state index in [0.717, 1.165) is 24.1 Å². The maximum Gasteiger partial charge on any atom is 0.320 e. The van der Waals surface area contributed by atoms with Gasteiger partial charge in [-0.15, -0.1) is 0 Å². The number of ether oxygens (including phenoxy) is 1. The van der Waals surface area contributed by atoms with Crippen LogP contribution in [0, 0.1) is 5.92 Å². The summed E-state index contributed by atoms with van der Waals surface area (Å²) in [5, 5.41) is 3.40. The molecule has 23 heavy (non-hydrogen) atoms. The summed E-state index contributed by atoms with van der Waals surface area (Å²) in [6, 6.07) is 8.51. The van der Waals surface area contributed by atoms with E-state index in [2.05, 4.69) is 45.2 Å². The third kappa shape index (κ3) is 5.90. The van der Waals surface area contributed by atoms with Gasteiger partial charge in [0.2, 0.25) is 0 Å². The number of nitrogens with zero attached hydrogens (tertiary/aromatic N) is 1. The van der Waals surface area contributed by atoms with Crippen molar-refractivity contribution >= 4 is 21.9 Å². The van der Waals surface area contributed by atoms with Gasteiger partial charge in [-0.1, -0.05) is 28.1 Å². The van der Waals surface area contributed by atoms with Gasteiger partial charge in [-0.05, 0) is 63.4 Å². The van der Waals surface area contributed by atoms with Crippen molar-refractivity contribution in [1.82, 2.24) is 10.2 Å². The van der Waals surface area contributed by atoms with E-state index in [9.17, 15) is 4.79 Å². The summed E-state index contributed by atoms with van der Waals surface area (Å²) in [6.07, 6.45) is 2.34. The molecule has 1 N–H and O–H groups in total. The highest BCUT2D eigenvalue weighted by atomic mass is 79.9. The van der Waals surface area contributed by atoms with Crippen molar-refractivity contribution < 1.29 is 9.53 Å². The van der Waals surface area contributed by atoms with Crippen LogP contribution in [0.2, 0.25) is 0 Å². The number of benzene rings is 1. The first-order valence-corrected chi connectivity index (χ1v) is 9.25. The molecular formula is C18H27BrN2O2. The SMILES string of the molecule is CCOC(=O)CN(CC1CCNCC1)C(C)c1cccc(Br)c1. The number of rotatable bonds is 7. The minimum absolute atomic E-state index is 0.136. The number of esters is 1. The van der Waals surface area contributed by atoms with E-state index in [1.807, 2.05) is 19.1 Å². The molecule has 0 aromatic heterocycles. The number of carbonyl (C=O) groups is 1. The van der Waals surface area contributed by atoms with Gasteiger partial charge in [0.15, 0.2) is 0 Å². The zero-order valence-electron chi connectivity index (χ0n) is 14.1. The average Bonchev–Trinajstić information content (AvgIpc) is 2.55. The lowest BCUT2D eigenvalue weighted by Crippen LogP contribution is -2.40. The number of piperidine rings is 1. The number of carbonyl (C=O) groups excluding carboxylic acids is 1. The Bertz CT molecular complexity index is 504. The number of halogens is 1. The molecule has 2 rings (SSSR count). The van der Waals surface area contributed by atoms with Crippen LogP contribution in [0.5, 0.6) is 0 Å². The van der Waals surface area contributed by atoms with Gasteiger partial charge in [0, 0.05) is 17.1 Å². The molecular weight excluding hydrogens is 356 g/mol. The fourth-order valence-electron chi connectivity index (χ4n) is 3.11. The molecule has 128 valence electrons. The molecule has 1 unspecified atom stereocenters. The predicted molar refractivity (Wildman–Crippen MR) is 96.4 cm³/mol. The van der Waals surface area contributed by atoms with Crippen molar-refractivity contribution in [3.63, 3.8) is 0 Å². The van der Waals surface area contributed by atoms with E-state index in [0.29, 0.717) is 19.1 Å². The quantitative estimate of drug-likeness (QED) is 0.733. The van der Waals surface area contributed by atoms with Crippen molar-refractivity contribution in [3.05, 3.63) is 34.3 Å². The molecule has 0 spiro atoms. The Morgan fingerprint density at radius 1 is 1.43 bits per heavy atom. The summed E-state index contributed by atoms with van der Waals surface area (Å²) < 4.78 is 6.24. The lowest BCUT2D eigenvalue weighted by Gasteiger charge is -2.33. The fraction of sp³-hybridized carbons (Fsp3) is 0.611. The number of hydrogen-bond donors (Lipinski definition) is 1. The lowest BCUT2D eigenvalue weighted by atomic mass is 9.96. The summed E-state index contributed by atoms with van der Waals surface area (Å²) in [5.41, 5.74) is 1.22. The van der Waals surface area contributed by atoms with Gasteiger partial charge in [-0.25, -0.2) is 0 Å². The Kier molecular flexibility index (Phi) is 7.53. The van der Waals surface area contributed by atoms with Crippen LogP contribution >= 0.6 is 15.9 Å². The minimum atomic E-state index is -0.136. The summed E-state index contributed by atoms with van der Waals surface area (Å²) in [6.45, 7) is 7.89. The molecule has 4 nitrogen and oxygen atoms in total. The molecule has 1 fully saturated rings. The average molecular weight is 383 g/mol. The molecule has 5 heteroatoms. The second-order valence-electron chi connectivity index (χ2n) is 6.16. The maximum absolute atomic E-state index is 12.0. The largest absolute Gasteiger partial charge is 0.465 e. The smallest absolute Gasteiger partial charge is 0.320 e. The van der Waals surface area contributed by atoms with Gasteiger partial charge in [0.1, 0.15) is 0 Å². The minimum Gasteiger partial charge on any atom is -0.465 e. The molecule has 0 aliphatic carbocycles. The van der Waals surface area contributed by atoms with Crippen molar-refractivity contribution in [3.8, 4) is 0 Å². The highest BCUT2D eigenvalue weighted by molar-refractivity contribution is 9.10. The van der Waals surface area contributed by atoms with E-state index >= 15 is 0 Å². The third-order valence-corrected chi connectivity index (χ3v) is 4.96. The second-order valence-corrected chi connectivity index (χ2v) is 7.07. The van der Waals surface area contributed by atoms with Crippen molar-refractivity contribution in [2.75, 3.05) is 32.8 Å². The molecule has 1 saturated heterocycles. The van der Waals surface area contributed by atoms with Gasteiger partial charge < -0.3 is 10.1 Å². The zero-order valence-corrected chi connectivity index (χ0v) is 15.6. The van der Waals surface area contributed by atoms with Crippen molar-refractivity contribution in [2.45, 2.75) is 32.7 Å². The first-order chi connectivity index (χ1) is 11.1. The van der Waals surface area contributed by atoms with Crippen LogP contribution in [0.3, 0.4) is 0 Å². The molecule has 0 amide bonds. The first kappa shape index (κ1) is 18.4. The molecule has 1 aliphatic heterocycles. The maximum atomic E-state index is 12.0. The summed E-state index contributed by atoms with van der Waals surface area (Å²) in [7, 11) is 0. The number of hydrogen-bond acceptors (Lipinski definition) is 4. The Morgan fingerprint density at radius 2 is 2.17 bits per heavy atom. The Hall–Kier alpha value is -0.910. The Morgan fingerprint density at radius 3 is 2.83 bits per heavy atom. The third-order valence-electron chi connectivity index (χ3n) is 4.47. The van der Waals surface area contributed by atoms with E-state index < -0.39 is 0 Å². The molecule has 0 bridgehead atoms. The standard InChI is InChI=1S/C18H27BrN2O2/c1-3-23-18(22)13-21(12-15-7-9-20-10-8-15)14(2)16-5-4-6-17(19)11-16/h4-6,11,14-15,20H,3,7-10,12-13H2,1-2H3. The Balaban J connectivity index is 2.08. The van der Waals surface area contributed by atoms with E-state index in [1.54, 1.807) is 0 Å².